The van der Waals surface area contributed by atoms with Crippen molar-refractivity contribution in [3.63, 3.8) is 0 Å². The highest BCUT2D eigenvalue weighted by molar-refractivity contribution is 8.01. The van der Waals surface area contributed by atoms with Crippen molar-refractivity contribution in [2.75, 3.05) is 31.7 Å². The molecule has 2 rings (SSSR count). The topological polar surface area (TPSA) is 87.2 Å². The van der Waals surface area contributed by atoms with E-state index < -0.39 is 0 Å². The van der Waals surface area contributed by atoms with Gasteiger partial charge in [-0.3, -0.25) is 9.59 Å². The predicted molar refractivity (Wildman–Crippen MR) is 96.8 cm³/mol. The Bertz CT molecular complexity index is 719. The molecule has 7 nitrogen and oxygen atoms in total. The van der Waals surface area contributed by atoms with Crippen LogP contribution in [0, 0.1) is 6.92 Å². The molecule has 0 bridgehead atoms. The van der Waals surface area contributed by atoms with E-state index in [0.717, 1.165) is 11.3 Å². The molecule has 1 aromatic heterocycles. The molecule has 2 aromatic rings. The maximum Gasteiger partial charge on any atom is 0.239 e. The molecule has 1 heterocycles. The van der Waals surface area contributed by atoms with Gasteiger partial charge in [0.15, 0.2) is 4.34 Å². The van der Waals surface area contributed by atoms with Crippen LogP contribution in [-0.4, -0.2) is 53.3 Å². The lowest BCUT2D eigenvalue weighted by Crippen LogP contribution is -2.37. The summed E-state index contributed by atoms with van der Waals surface area (Å²) in [5.74, 6) is -0.115. The van der Waals surface area contributed by atoms with E-state index in [2.05, 4.69) is 20.8 Å². The van der Waals surface area contributed by atoms with Crippen molar-refractivity contribution in [2.45, 2.75) is 11.3 Å². The Balaban J connectivity index is 1.85. The first-order valence-electron chi connectivity index (χ1n) is 7.22. The van der Waals surface area contributed by atoms with Gasteiger partial charge in [-0.2, -0.15) is 0 Å². The van der Waals surface area contributed by atoms with Gasteiger partial charge < -0.3 is 15.5 Å². The molecule has 2 N–H and O–H groups in total. The summed E-state index contributed by atoms with van der Waals surface area (Å²) < 4.78 is 0.701. The number of carbonyl (C=O) groups excluding carboxylic acids is 2. The minimum absolute atomic E-state index is 0.0478. The van der Waals surface area contributed by atoms with E-state index >= 15 is 0 Å². The molecule has 0 aliphatic carbocycles. The van der Waals surface area contributed by atoms with Crippen molar-refractivity contribution >= 4 is 45.7 Å². The van der Waals surface area contributed by atoms with Crippen molar-refractivity contribution in [1.82, 2.24) is 20.4 Å². The smallest absolute Gasteiger partial charge is 0.239 e. The summed E-state index contributed by atoms with van der Waals surface area (Å²) in [5.41, 5.74) is 2.10. The zero-order valence-corrected chi connectivity index (χ0v) is 15.3. The Labute approximate surface area is 148 Å². The third kappa shape index (κ3) is 5.50. The van der Waals surface area contributed by atoms with E-state index in [1.165, 1.54) is 28.0 Å². The lowest BCUT2D eigenvalue weighted by atomic mass is 10.2. The fraction of sp³-hybridized carbons (Fsp3) is 0.333. The molecule has 0 saturated heterocycles. The van der Waals surface area contributed by atoms with Gasteiger partial charge in [0, 0.05) is 19.8 Å². The number of anilines is 2. The number of rotatable bonds is 7. The molecule has 0 fully saturated rings. The molecule has 0 atom stereocenters. The molecule has 0 aliphatic heterocycles. The van der Waals surface area contributed by atoms with Crippen LogP contribution in [0.2, 0.25) is 0 Å². The minimum Gasteiger partial charge on any atom is -0.358 e. The van der Waals surface area contributed by atoms with Gasteiger partial charge in [-0.25, -0.2) is 0 Å². The van der Waals surface area contributed by atoms with Crippen LogP contribution in [0.5, 0.6) is 0 Å². The third-order valence-electron chi connectivity index (χ3n) is 3.08. The van der Waals surface area contributed by atoms with Crippen LogP contribution >= 0.6 is 23.1 Å². The van der Waals surface area contributed by atoms with E-state index in [0.29, 0.717) is 9.47 Å². The lowest BCUT2D eigenvalue weighted by Gasteiger charge is -2.15. The average Bonchev–Trinajstić information content (AvgIpc) is 2.99. The van der Waals surface area contributed by atoms with Crippen LogP contribution in [0.15, 0.2) is 28.6 Å². The summed E-state index contributed by atoms with van der Waals surface area (Å²) in [5, 5.41) is 14.5. The first kappa shape index (κ1) is 18.2. The van der Waals surface area contributed by atoms with Crippen LogP contribution in [0.3, 0.4) is 0 Å². The van der Waals surface area contributed by atoms with Gasteiger partial charge in [-0.05, 0) is 24.6 Å². The summed E-state index contributed by atoms with van der Waals surface area (Å²) in [7, 11) is 3.14. The number of aryl methyl sites for hydroxylation is 1. The van der Waals surface area contributed by atoms with Crippen molar-refractivity contribution in [2.24, 2.45) is 0 Å². The third-order valence-corrected chi connectivity index (χ3v) is 5.04. The van der Waals surface area contributed by atoms with Crippen molar-refractivity contribution in [3.8, 4) is 0 Å². The predicted octanol–water partition coefficient (Wildman–Crippen LogP) is 1.89. The molecule has 0 saturated carbocycles. The van der Waals surface area contributed by atoms with E-state index in [1.807, 2.05) is 31.2 Å². The summed E-state index contributed by atoms with van der Waals surface area (Å²) in [4.78, 5) is 24.6. The molecule has 9 heteroatoms. The highest BCUT2D eigenvalue weighted by Crippen LogP contribution is 2.27. The number of carbonyl (C=O) groups is 2. The maximum absolute atomic E-state index is 12.0. The highest BCUT2D eigenvalue weighted by Gasteiger charge is 2.14. The normalized spacial score (nSPS) is 10.3. The first-order chi connectivity index (χ1) is 11.5. The van der Waals surface area contributed by atoms with Gasteiger partial charge in [0.1, 0.15) is 0 Å². The Hall–Kier alpha value is -2.13. The number of hydrogen-bond donors (Lipinski definition) is 2. The molecule has 0 radical (unpaired) electrons. The Morgan fingerprint density at radius 2 is 2.12 bits per heavy atom. The van der Waals surface area contributed by atoms with E-state index in [4.69, 9.17) is 0 Å². The van der Waals surface area contributed by atoms with Gasteiger partial charge in [-0.15, -0.1) is 10.2 Å². The minimum atomic E-state index is -0.198. The van der Waals surface area contributed by atoms with Gasteiger partial charge in [0.05, 0.1) is 12.3 Å². The zero-order chi connectivity index (χ0) is 17.5. The number of nitrogens with one attached hydrogen (secondary N) is 2. The summed E-state index contributed by atoms with van der Waals surface area (Å²) in [6.45, 7) is 2.07. The molecule has 1 aromatic carbocycles. The van der Waals surface area contributed by atoms with E-state index in [1.54, 1.807) is 14.1 Å². The molecule has 0 spiro atoms. The van der Waals surface area contributed by atoms with Crippen LogP contribution in [-0.2, 0) is 9.59 Å². The second kappa shape index (κ2) is 8.65. The quantitative estimate of drug-likeness (QED) is 0.729. The summed E-state index contributed by atoms with van der Waals surface area (Å²) in [6, 6.07) is 7.97. The highest BCUT2D eigenvalue weighted by atomic mass is 32.2. The number of aromatic nitrogens is 2. The maximum atomic E-state index is 12.0. The van der Waals surface area contributed by atoms with Crippen molar-refractivity contribution in [1.29, 1.82) is 0 Å². The van der Waals surface area contributed by atoms with Crippen LogP contribution in [0.25, 0.3) is 0 Å². The monoisotopic (exact) mass is 365 g/mol. The standard InChI is InChI=1S/C15H19N5O2S2/c1-10-5-4-6-11(7-10)17-14-18-19-15(24-14)23-9-13(22)20(3)8-12(21)16-2/h4-7H,8-9H2,1-3H3,(H,16,21)(H,17,18). The van der Waals surface area contributed by atoms with Gasteiger partial charge in [0.25, 0.3) is 0 Å². The Kier molecular flexibility index (Phi) is 6.56. The zero-order valence-electron chi connectivity index (χ0n) is 13.7. The SMILES string of the molecule is CNC(=O)CN(C)C(=O)CSc1nnc(Nc2cccc(C)c2)s1. The van der Waals surface area contributed by atoms with Crippen molar-refractivity contribution < 1.29 is 9.59 Å². The fourth-order valence-corrected chi connectivity index (χ4v) is 3.49. The molecule has 2 amide bonds. The molecule has 0 aliphatic rings. The van der Waals surface area contributed by atoms with Gasteiger partial charge >= 0.3 is 0 Å². The van der Waals surface area contributed by atoms with E-state index in [9.17, 15) is 9.59 Å². The molecule has 0 unspecified atom stereocenters. The van der Waals surface area contributed by atoms with Crippen molar-refractivity contribution in [3.05, 3.63) is 29.8 Å². The molecule has 24 heavy (non-hydrogen) atoms. The van der Waals surface area contributed by atoms with Gasteiger partial charge in [-0.1, -0.05) is 35.2 Å². The van der Waals surface area contributed by atoms with Crippen LogP contribution < -0.4 is 10.6 Å². The average molecular weight is 365 g/mol. The number of likely N-dealkylation sites (N-methyl/N-ethyl adjacent to an activating group) is 2. The molecule has 128 valence electrons. The molecular weight excluding hydrogens is 346 g/mol. The van der Waals surface area contributed by atoms with E-state index in [-0.39, 0.29) is 24.1 Å². The number of benzene rings is 1. The van der Waals surface area contributed by atoms with Gasteiger partial charge in [0.2, 0.25) is 16.9 Å². The Morgan fingerprint density at radius 1 is 1.33 bits per heavy atom. The first-order valence-corrected chi connectivity index (χ1v) is 9.02. The number of thioether (sulfide) groups is 1. The number of nitrogens with zero attached hydrogens (tertiary/aromatic N) is 3. The molecular formula is C15H19N5O2S2. The largest absolute Gasteiger partial charge is 0.358 e. The lowest BCUT2D eigenvalue weighted by molar-refractivity contribution is -0.132. The Morgan fingerprint density at radius 3 is 2.83 bits per heavy atom. The summed E-state index contributed by atoms with van der Waals surface area (Å²) in [6.07, 6.45) is 0. The second-order valence-electron chi connectivity index (χ2n) is 5.08. The van der Waals surface area contributed by atoms with Crippen LogP contribution in [0.1, 0.15) is 5.56 Å². The fourth-order valence-electron chi connectivity index (χ4n) is 1.78. The second-order valence-corrected chi connectivity index (χ2v) is 7.28. The van der Waals surface area contributed by atoms with Crippen LogP contribution in [0.4, 0.5) is 10.8 Å². The summed E-state index contributed by atoms with van der Waals surface area (Å²) >= 11 is 2.69. The number of amides is 2. The number of hydrogen-bond acceptors (Lipinski definition) is 7.